The van der Waals surface area contributed by atoms with Crippen LogP contribution in [0, 0.1) is 5.82 Å². The van der Waals surface area contributed by atoms with E-state index in [1.54, 1.807) is 18.2 Å². The lowest BCUT2D eigenvalue weighted by Crippen LogP contribution is -2.00. The minimum Gasteiger partial charge on any atom is -0.495 e. The first-order valence-electron chi connectivity index (χ1n) is 4.79. The predicted octanol–water partition coefficient (Wildman–Crippen LogP) is 3.02. The molecule has 1 N–H and O–H groups in total. The maximum absolute atomic E-state index is 13.4. The molecule has 0 aliphatic rings. The fourth-order valence-electron chi connectivity index (χ4n) is 1.31. The van der Waals surface area contributed by atoms with Gasteiger partial charge in [-0.05, 0) is 23.7 Å². The number of nitrogens with zero attached hydrogens (tertiary/aromatic N) is 2. The lowest BCUT2D eigenvalue weighted by atomic mass is 10.3. The summed E-state index contributed by atoms with van der Waals surface area (Å²) >= 11 is 5.60. The summed E-state index contributed by atoms with van der Waals surface area (Å²) in [7, 11) is 1.53. The number of rotatable bonds is 3. The van der Waals surface area contributed by atoms with Crippen LogP contribution in [-0.4, -0.2) is 17.1 Å². The van der Waals surface area contributed by atoms with Gasteiger partial charge in [0, 0.05) is 0 Å². The largest absolute Gasteiger partial charge is 0.495 e. The summed E-state index contributed by atoms with van der Waals surface area (Å²) < 4.78 is 18.5. The molecule has 1 heterocycles. The molecule has 17 heavy (non-hydrogen) atoms. The van der Waals surface area contributed by atoms with Crippen molar-refractivity contribution in [2.45, 2.75) is 0 Å². The Labute approximate surface area is 102 Å². The molecule has 6 heteroatoms. The molecule has 1 aromatic heterocycles. The lowest BCUT2D eigenvalue weighted by Gasteiger charge is -2.10. The molecule has 0 fully saturated rings. The van der Waals surface area contributed by atoms with Crippen molar-refractivity contribution in [3.8, 4) is 5.75 Å². The number of benzene rings is 1. The molecule has 0 radical (unpaired) electrons. The standard InChI is InChI=1S/C11H9ClFN3O/c1-17-9-5-3-2-4-8(9)15-10-7(13)6-14-11(12)16-10/h2-6H,1H3,(H,14,15,16). The van der Waals surface area contributed by atoms with Crippen LogP contribution in [0.2, 0.25) is 5.28 Å². The molecular weight excluding hydrogens is 245 g/mol. The average Bonchev–Trinajstić information content (AvgIpc) is 2.34. The monoisotopic (exact) mass is 253 g/mol. The first-order chi connectivity index (χ1) is 8.20. The summed E-state index contributed by atoms with van der Waals surface area (Å²) in [5, 5.41) is 2.77. The van der Waals surface area contributed by atoms with Crippen LogP contribution in [0.4, 0.5) is 15.9 Å². The van der Waals surface area contributed by atoms with Crippen molar-refractivity contribution in [1.82, 2.24) is 9.97 Å². The number of methoxy groups -OCH3 is 1. The van der Waals surface area contributed by atoms with E-state index in [0.717, 1.165) is 6.20 Å². The molecule has 0 aliphatic heterocycles. The van der Waals surface area contributed by atoms with E-state index in [0.29, 0.717) is 11.4 Å². The minimum atomic E-state index is -0.583. The number of hydrogen-bond donors (Lipinski definition) is 1. The van der Waals surface area contributed by atoms with Gasteiger partial charge in [-0.15, -0.1) is 0 Å². The summed E-state index contributed by atoms with van der Waals surface area (Å²) in [4.78, 5) is 7.29. The van der Waals surface area contributed by atoms with E-state index in [1.807, 2.05) is 6.07 Å². The third kappa shape index (κ3) is 2.62. The molecule has 0 saturated heterocycles. The third-order valence-corrected chi connectivity index (χ3v) is 2.26. The molecule has 2 aromatic rings. The Morgan fingerprint density at radius 1 is 1.35 bits per heavy atom. The maximum Gasteiger partial charge on any atom is 0.224 e. The third-order valence-electron chi connectivity index (χ3n) is 2.07. The molecule has 88 valence electrons. The van der Waals surface area contributed by atoms with Crippen molar-refractivity contribution >= 4 is 23.1 Å². The Kier molecular flexibility index (Phi) is 3.39. The van der Waals surface area contributed by atoms with Crippen LogP contribution in [-0.2, 0) is 0 Å². The fraction of sp³-hybridized carbons (Fsp3) is 0.0909. The second-order valence-electron chi connectivity index (χ2n) is 3.16. The van der Waals surface area contributed by atoms with Crippen LogP contribution < -0.4 is 10.1 Å². The van der Waals surface area contributed by atoms with Gasteiger partial charge < -0.3 is 10.1 Å². The van der Waals surface area contributed by atoms with E-state index < -0.39 is 5.82 Å². The molecule has 0 spiro atoms. The molecular formula is C11H9ClFN3O. The molecule has 0 unspecified atom stereocenters. The van der Waals surface area contributed by atoms with Gasteiger partial charge in [0.15, 0.2) is 11.6 Å². The summed E-state index contributed by atoms with van der Waals surface area (Å²) in [6.07, 6.45) is 1.01. The Morgan fingerprint density at radius 3 is 2.88 bits per heavy atom. The Morgan fingerprint density at radius 2 is 2.12 bits per heavy atom. The Hall–Kier alpha value is -1.88. The molecule has 0 bridgehead atoms. The summed E-state index contributed by atoms with van der Waals surface area (Å²) in [5.74, 6) is 0.0106. The summed E-state index contributed by atoms with van der Waals surface area (Å²) in [6, 6.07) is 7.11. The molecule has 4 nitrogen and oxygen atoms in total. The Balaban J connectivity index is 2.34. The van der Waals surface area contributed by atoms with Gasteiger partial charge in [0.05, 0.1) is 19.0 Å². The highest BCUT2D eigenvalue weighted by molar-refractivity contribution is 6.28. The van der Waals surface area contributed by atoms with Crippen molar-refractivity contribution in [3.05, 3.63) is 41.6 Å². The van der Waals surface area contributed by atoms with Gasteiger partial charge in [0.25, 0.3) is 0 Å². The van der Waals surface area contributed by atoms with Crippen LogP contribution in [0.5, 0.6) is 5.75 Å². The summed E-state index contributed by atoms with van der Waals surface area (Å²) in [6.45, 7) is 0. The molecule has 0 atom stereocenters. The van der Waals surface area contributed by atoms with Gasteiger partial charge >= 0.3 is 0 Å². The number of anilines is 2. The maximum atomic E-state index is 13.4. The highest BCUT2D eigenvalue weighted by atomic mass is 35.5. The van der Waals surface area contributed by atoms with Crippen molar-refractivity contribution in [2.75, 3.05) is 12.4 Å². The first kappa shape index (κ1) is 11.6. The van der Waals surface area contributed by atoms with Crippen LogP contribution in [0.15, 0.2) is 30.5 Å². The number of para-hydroxylation sites is 2. The second kappa shape index (κ2) is 4.97. The highest BCUT2D eigenvalue weighted by Gasteiger charge is 2.08. The molecule has 0 saturated carbocycles. The number of nitrogens with one attached hydrogen (secondary N) is 1. The smallest absolute Gasteiger partial charge is 0.224 e. The van der Waals surface area contributed by atoms with Gasteiger partial charge in [-0.1, -0.05) is 12.1 Å². The van der Waals surface area contributed by atoms with Gasteiger partial charge in [0.2, 0.25) is 5.28 Å². The van der Waals surface area contributed by atoms with Crippen LogP contribution >= 0.6 is 11.6 Å². The van der Waals surface area contributed by atoms with E-state index in [9.17, 15) is 4.39 Å². The fourth-order valence-corrected chi connectivity index (χ4v) is 1.44. The number of hydrogen-bond acceptors (Lipinski definition) is 4. The SMILES string of the molecule is COc1ccccc1Nc1nc(Cl)ncc1F. The quantitative estimate of drug-likeness (QED) is 0.854. The molecule has 0 aliphatic carbocycles. The van der Waals surface area contributed by atoms with E-state index in [1.165, 1.54) is 7.11 Å². The summed E-state index contributed by atoms with van der Waals surface area (Å²) in [5.41, 5.74) is 0.601. The lowest BCUT2D eigenvalue weighted by molar-refractivity contribution is 0.416. The van der Waals surface area contributed by atoms with Crippen LogP contribution in [0.25, 0.3) is 0 Å². The van der Waals surface area contributed by atoms with E-state index >= 15 is 0 Å². The van der Waals surface area contributed by atoms with Crippen molar-refractivity contribution in [2.24, 2.45) is 0 Å². The van der Waals surface area contributed by atoms with E-state index in [-0.39, 0.29) is 11.1 Å². The zero-order valence-electron chi connectivity index (χ0n) is 8.95. The first-order valence-corrected chi connectivity index (χ1v) is 5.16. The minimum absolute atomic E-state index is 0.00880. The number of ether oxygens (including phenoxy) is 1. The average molecular weight is 254 g/mol. The van der Waals surface area contributed by atoms with Crippen LogP contribution in [0.1, 0.15) is 0 Å². The van der Waals surface area contributed by atoms with Crippen molar-refractivity contribution in [3.63, 3.8) is 0 Å². The number of halogens is 2. The van der Waals surface area contributed by atoms with Gasteiger partial charge in [-0.3, -0.25) is 0 Å². The zero-order chi connectivity index (χ0) is 12.3. The van der Waals surface area contributed by atoms with Gasteiger partial charge in [-0.2, -0.15) is 4.98 Å². The molecule has 2 rings (SSSR count). The topological polar surface area (TPSA) is 47.0 Å². The van der Waals surface area contributed by atoms with Gasteiger partial charge in [-0.25, -0.2) is 9.37 Å². The highest BCUT2D eigenvalue weighted by Crippen LogP contribution is 2.27. The van der Waals surface area contributed by atoms with E-state index in [2.05, 4.69) is 15.3 Å². The van der Waals surface area contributed by atoms with Crippen LogP contribution in [0.3, 0.4) is 0 Å². The normalized spacial score (nSPS) is 10.1. The Bertz CT molecular complexity index is 536. The number of aromatic nitrogens is 2. The predicted molar refractivity (Wildman–Crippen MR) is 63.3 cm³/mol. The van der Waals surface area contributed by atoms with E-state index in [4.69, 9.17) is 16.3 Å². The molecule has 1 aromatic carbocycles. The van der Waals surface area contributed by atoms with Gasteiger partial charge in [0.1, 0.15) is 5.75 Å². The zero-order valence-corrected chi connectivity index (χ0v) is 9.70. The van der Waals surface area contributed by atoms with Crippen molar-refractivity contribution < 1.29 is 9.13 Å². The van der Waals surface area contributed by atoms with Crippen molar-refractivity contribution in [1.29, 1.82) is 0 Å². The second-order valence-corrected chi connectivity index (χ2v) is 3.50. The molecule has 0 amide bonds.